The van der Waals surface area contributed by atoms with E-state index in [1.165, 1.54) is 32.5 Å². The lowest BCUT2D eigenvalue weighted by molar-refractivity contribution is 0.0500. The number of ether oxygens (including phenoxy) is 2. The predicted molar refractivity (Wildman–Crippen MR) is 115 cm³/mol. The lowest BCUT2D eigenvalue weighted by atomic mass is 10.1. The average Bonchev–Trinajstić information content (AvgIpc) is 2.74. The maximum Gasteiger partial charge on any atom is 0.408 e. The van der Waals surface area contributed by atoms with Crippen LogP contribution >= 0.6 is 0 Å². The smallest absolute Gasteiger partial charge is 0.408 e. The fourth-order valence-electron chi connectivity index (χ4n) is 2.73. The minimum absolute atomic E-state index is 0.0790. The lowest BCUT2D eigenvalue weighted by Crippen LogP contribution is -2.40. The van der Waals surface area contributed by atoms with Crippen molar-refractivity contribution in [3.63, 3.8) is 0 Å². The molecule has 3 amide bonds. The minimum Gasteiger partial charge on any atom is -0.496 e. The van der Waals surface area contributed by atoms with Gasteiger partial charge in [0.1, 0.15) is 17.0 Å². The normalized spacial score (nSPS) is 11.8. The Morgan fingerprint density at radius 2 is 1.77 bits per heavy atom. The highest BCUT2D eigenvalue weighted by molar-refractivity contribution is 5.96. The second kappa shape index (κ2) is 10.4. The molecule has 1 atom stereocenters. The van der Waals surface area contributed by atoms with E-state index in [0.717, 1.165) is 0 Å². The zero-order chi connectivity index (χ0) is 23.0. The molecular formula is C22H28N4O5. The number of carbonyl (C=O) groups is 3. The van der Waals surface area contributed by atoms with Crippen molar-refractivity contribution in [2.75, 3.05) is 20.7 Å². The van der Waals surface area contributed by atoms with E-state index >= 15 is 0 Å². The molecule has 3 N–H and O–H groups in total. The first-order valence-corrected chi connectivity index (χ1v) is 9.73. The number of carbonyl (C=O) groups excluding carboxylic acids is 3. The Morgan fingerprint density at radius 3 is 2.35 bits per heavy atom. The zero-order valence-electron chi connectivity index (χ0n) is 18.3. The summed E-state index contributed by atoms with van der Waals surface area (Å²) >= 11 is 0. The van der Waals surface area contributed by atoms with Crippen LogP contribution in [0.5, 0.6) is 5.75 Å². The minimum atomic E-state index is -0.670. The molecule has 31 heavy (non-hydrogen) atoms. The maximum absolute atomic E-state index is 12.6. The Hall–Kier alpha value is -3.62. The highest BCUT2D eigenvalue weighted by atomic mass is 16.6. The highest BCUT2D eigenvalue weighted by Crippen LogP contribution is 2.25. The van der Waals surface area contributed by atoms with Gasteiger partial charge in [-0.1, -0.05) is 18.2 Å². The molecule has 1 aromatic heterocycles. The molecule has 0 saturated carbocycles. The van der Waals surface area contributed by atoms with Gasteiger partial charge in [0.15, 0.2) is 0 Å². The van der Waals surface area contributed by atoms with Gasteiger partial charge in [-0.3, -0.25) is 14.6 Å². The molecule has 9 nitrogen and oxygen atoms in total. The summed E-state index contributed by atoms with van der Waals surface area (Å²) in [6, 6.07) is 9.55. The van der Waals surface area contributed by atoms with Crippen molar-refractivity contribution in [3.8, 4) is 5.75 Å². The van der Waals surface area contributed by atoms with Gasteiger partial charge in [0.2, 0.25) is 0 Å². The third kappa shape index (κ3) is 6.98. The number of nitrogens with one attached hydrogen (secondary N) is 3. The molecule has 0 aliphatic heterocycles. The summed E-state index contributed by atoms with van der Waals surface area (Å²) in [5.74, 6) is -0.180. The number of pyridine rings is 1. The van der Waals surface area contributed by atoms with E-state index in [1.54, 1.807) is 32.9 Å². The van der Waals surface area contributed by atoms with Crippen LogP contribution in [-0.4, -0.2) is 49.2 Å². The van der Waals surface area contributed by atoms with E-state index < -0.39 is 23.6 Å². The summed E-state index contributed by atoms with van der Waals surface area (Å²) in [5.41, 5.74) is 0.502. The van der Waals surface area contributed by atoms with Gasteiger partial charge in [0.25, 0.3) is 11.8 Å². The van der Waals surface area contributed by atoms with Crippen LogP contribution in [0.1, 0.15) is 53.2 Å². The molecule has 2 rings (SSSR count). The van der Waals surface area contributed by atoms with Crippen LogP contribution in [0.3, 0.4) is 0 Å². The van der Waals surface area contributed by atoms with Crippen molar-refractivity contribution in [1.29, 1.82) is 0 Å². The Bertz CT molecular complexity index is 922. The van der Waals surface area contributed by atoms with E-state index in [9.17, 15) is 14.4 Å². The molecule has 0 bridgehead atoms. The molecule has 0 radical (unpaired) electrons. The summed E-state index contributed by atoms with van der Waals surface area (Å²) in [5, 5.41) is 8.02. The van der Waals surface area contributed by atoms with Crippen LogP contribution in [0.15, 0.2) is 42.6 Å². The monoisotopic (exact) mass is 428 g/mol. The first kappa shape index (κ1) is 23.7. The Kier molecular flexibility index (Phi) is 7.95. The second-order valence-corrected chi connectivity index (χ2v) is 7.66. The number of hydrogen-bond acceptors (Lipinski definition) is 6. The Labute approximate surface area is 181 Å². The summed E-state index contributed by atoms with van der Waals surface area (Å²) in [6.07, 6.45) is 0.702. The van der Waals surface area contributed by atoms with Gasteiger partial charge in [0, 0.05) is 25.4 Å². The number of amides is 3. The van der Waals surface area contributed by atoms with Gasteiger partial charge in [0.05, 0.1) is 18.7 Å². The van der Waals surface area contributed by atoms with Crippen LogP contribution in [0.2, 0.25) is 0 Å². The van der Waals surface area contributed by atoms with Crippen molar-refractivity contribution in [2.45, 2.75) is 32.4 Å². The molecule has 0 saturated heterocycles. The Balaban J connectivity index is 2.16. The van der Waals surface area contributed by atoms with Gasteiger partial charge in [-0.15, -0.1) is 0 Å². The number of alkyl carbamates (subject to hydrolysis) is 1. The number of nitrogens with zero attached hydrogens (tertiary/aromatic N) is 1. The third-order valence-corrected chi connectivity index (χ3v) is 4.16. The van der Waals surface area contributed by atoms with Crippen molar-refractivity contribution in [3.05, 3.63) is 59.4 Å². The molecule has 1 heterocycles. The number of rotatable bonds is 7. The SMILES string of the molecule is CNC(=O)c1ccc(C(=O)NCC(NC(=O)OC(C)(C)C)c2ccccc2OC)cn1. The Morgan fingerprint density at radius 1 is 1.06 bits per heavy atom. The second-order valence-electron chi connectivity index (χ2n) is 7.66. The quantitative estimate of drug-likeness (QED) is 0.623. The molecular weight excluding hydrogens is 400 g/mol. The molecule has 0 spiro atoms. The lowest BCUT2D eigenvalue weighted by Gasteiger charge is -2.25. The van der Waals surface area contributed by atoms with Gasteiger partial charge in [-0.2, -0.15) is 0 Å². The topological polar surface area (TPSA) is 119 Å². The van der Waals surface area contributed by atoms with Crippen LogP contribution < -0.4 is 20.7 Å². The first-order valence-electron chi connectivity index (χ1n) is 9.73. The molecule has 1 aromatic carbocycles. The number of hydrogen-bond donors (Lipinski definition) is 3. The molecule has 0 fully saturated rings. The van der Waals surface area contributed by atoms with Crippen LogP contribution in [-0.2, 0) is 4.74 Å². The summed E-state index contributed by atoms with van der Waals surface area (Å²) in [4.78, 5) is 40.5. The van der Waals surface area contributed by atoms with Crippen LogP contribution in [0.25, 0.3) is 0 Å². The van der Waals surface area contributed by atoms with Gasteiger partial charge < -0.3 is 25.4 Å². The molecule has 166 valence electrons. The van der Waals surface area contributed by atoms with Gasteiger partial charge >= 0.3 is 6.09 Å². The standard InChI is InChI=1S/C22H28N4O5/c1-22(2,3)31-21(29)26-17(15-8-6-7-9-18(15)30-5)13-25-19(27)14-10-11-16(24-12-14)20(28)23-4/h6-12,17H,13H2,1-5H3,(H,23,28)(H,25,27)(H,26,29). The molecule has 9 heteroatoms. The summed E-state index contributed by atoms with van der Waals surface area (Å²) < 4.78 is 10.7. The summed E-state index contributed by atoms with van der Waals surface area (Å²) in [6.45, 7) is 5.38. The largest absolute Gasteiger partial charge is 0.496 e. The highest BCUT2D eigenvalue weighted by Gasteiger charge is 2.23. The first-order chi connectivity index (χ1) is 14.6. The number of aromatic nitrogens is 1. The van der Waals surface area contributed by atoms with Gasteiger partial charge in [-0.05, 0) is 39.0 Å². The average molecular weight is 428 g/mol. The molecule has 0 aliphatic carbocycles. The van der Waals surface area contributed by atoms with Crippen molar-refractivity contribution in [1.82, 2.24) is 20.9 Å². The van der Waals surface area contributed by atoms with E-state index in [2.05, 4.69) is 20.9 Å². The predicted octanol–water partition coefficient (Wildman–Crippen LogP) is 2.45. The van der Waals surface area contributed by atoms with Crippen molar-refractivity contribution < 1.29 is 23.9 Å². The summed E-state index contributed by atoms with van der Waals surface area (Å²) in [7, 11) is 3.03. The zero-order valence-corrected chi connectivity index (χ0v) is 18.3. The number of methoxy groups -OCH3 is 1. The van der Waals surface area contributed by atoms with E-state index in [4.69, 9.17) is 9.47 Å². The van der Waals surface area contributed by atoms with Gasteiger partial charge in [-0.25, -0.2) is 4.79 Å². The van der Waals surface area contributed by atoms with Crippen molar-refractivity contribution >= 4 is 17.9 Å². The fraction of sp³-hybridized carbons (Fsp3) is 0.364. The van der Waals surface area contributed by atoms with E-state index in [1.807, 2.05) is 12.1 Å². The van der Waals surface area contributed by atoms with E-state index in [-0.39, 0.29) is 23.7 Å². The molecule has 1 unspecified atom stereocenters. The molecule has 2 aromatic rings. The van der Waals surface area contributed by atoms with Crippen molar-refractivity contribution in [2.24, 2.45) is 0 Å². The van der Waals surface area contributed by atoms with E-state index in [0.29, 0.717) is 11.3 Å². The molecule has 0 aliphatic rings. The number of benzene rings is 1. The third-order valence-electron chi connectivity index (χ3n) is 4.16. The fourth-order valence-corrected chi connectivity index (χ4v) is 2.73. The van der Waals surface area contributed by atoms with Crippen LogP contribution in [0, 0.1) is 0 Å². The van der Waals surface area contributed by atoms with Crippen LogP contribution in [0.4, 0.5) is 4.79 Å². The number of para-hydroxylation sites is 1. The maximum atomic E-state index is 12.6.